The third kappa shape index (κ3) is 8.33. The van der Waals surface area contributed by atoms with Gasteiger partial charge in [0.25, 0.3) is 0 Å². The summed E-state index contributed by atoms with van der Waals surface area (Å²) < 4.78 is 0. The molecule has 0 bridgehead atoms. The van der Waals surface area contributed by atoms with E-state index in [0.717, 1.165) is 0 Å². The SMILES string of the molecule is CCCCC[C](CCC)CCCC. The van der Waals surface area contributed by atoms with Crippen LogP contribution in [-0.2, 0) is 0 Å². The zero-order valence-corrected chi connectivity index (χ0v) is 9.86. The maximum Gasteiger partial charge on any atom is -0.0241 e. The Bertz CT molecular complexity index is 86.0. The maximum absolute atomic E-state index is 2.30. The van der Waals surface area contributed by atoms with Gasteiger partial charge in [0.1, 0.15) is 0 Å². The van der Waals surface area contributed by atoms with Crippen molar-refractivity contribution in [3.63, 3.8) is 0 Å². The van der Waals surface area contributed by atoms with E-state index in [9.17, 15) is 0 Å². The van der Waals surface area contributed by atoms with Crippen molar-refractivity contribution in [3.05, 3.63) is 5.92 Å². The standard InChI is InChI=1S/C13H27/c1-4-7-9-12-13(10-6-3)11-8-5-2/h4-12H2,1-3H3. The van der Waals surface area contributed by atoms with Gasteiger partial charge >= 0.3 is 0 Å². The van der Waals surface area contributed by atoms with Crippen LogP contribution in [0.3, 0.4) is 0 Å². The first-order valence-electron chi connectivity index (χ1n) is 6.18. The van der Waals surface area contributed by atoms with Crippen molar-refractivity contribution < 1.29 is 0 Å². The summed E-state index contributed by atoms with van der Waals surface area (Å²) in [6.45, 7) is 6.87. The molecule has 0 aromatic carbocycles. The van der Waals surface area contributed by atoms with Crippen molar-refractivity contribution in [2.75, 3.05) is 0 Å². The second-order valence-electron chi connectivity index (χ2n) is 4.06. The molecular formula is C13H27. The first-order valence-corrected chi connectivity index (χ1v) is 6.18. The van der Waals surface area contributed by atoms with E-state index >= 15 is 0 Å². The lowest BCUT2D eigenvalue weighted by Crippen LogP contribution is -1.97. The number of hydrogen-bond acceptors (Lipinski definition) is 0. The van der Waals surface area contributed by atoms with Gasteiger partial charge in [-0.1, -0.05) is 59.3 Å². The second-order valence-corrected chi connectivity index (χ2v) is 4.06. The zero-order chi connectivity index (χ0) is 9.94. The van der Waals surface area contributed by atoms with Gasteiger partial charge in [0.2, 0.25) is 0 Å². The molecule has 0 saturated heterocycles. The summed E-state index contributed by atoms with van der Waals surface area (Å²) in [5, 5.41) is 0. The van der Waals surface area contributed by atoms with E-state index < -0.39 is 0 Å². The van der Waals surface area contributed by atoms with Crippen molar-refractivity contribution in [1.82, 2.24) is 0 Å². The molecule has 0 fully saturated rings. The van der Waals surface area contributed by atoms with Crippen LogP contribution in [0.5, 0.6) is 0 Å². The molecule has 0 saturated carbocycles. The van der Waals surface area contributed by atoms with E-state index in [1.54, 1.807) is 0 Å². The fourth-order valence-corrected chi connectivity index (χ4v) is 1.78. The minimum atomic E-state index is 1.34. The molecule has 0 heterocycles. The lowest BCUT2D eigenvalue weighted by atomic mass is 9.92. The normalized spacial score (nSPS) is 11.1. The summed E-state index contributed by atoms with van der Waals surface area (Å²) in [6, 6.07) is 0. The monoisotopic (exact) mass is 183 g/mol. The van der Waals surface area contributed by atoms with Gasteiger partial charge in [-0.2, -0.15) is 0 Å². The summed E-state index contributed by atoms with van der Waals surface area (Å²) in [4.78, 5) is 0. The highest BCUT2D eigenvalue weighted by molar-refractivity contribution is 4.88. The average molecular weight is 183 g/mol. The van der Waals surface area contributed by atoms with E-state index in [0.29, 0.717) is 0 Å². The van der Waals surface area contributed by atoms with Crippen LogP contribution in [0.1, 0.15) is 78.6 Å². The molecule has 0 aromatic heterocycles. The molecule has 0 nitrogen and oxygen atoms in total. The molecule has 0 aromatic rings. The molecule has 0 spiro atoms. The summed E-state index contributed by atoms with van der Waals surface area (Å²) in [5.41, 5.74) is 0. The van der Waals surface area contributed by atoms with Crippen LogP contribution in [0.25, 0.3) is 0 Å². The average Bonchev–Trinajstić information content (AvgIpc) is 2.14. The number of hydrogen-bond donors (Lipinski definition) is 0. The quantitative estimate of drug-likeness (QED) is 0.435. The molecule has 1 radical (unpaired) electrons. The molecule has 0 rings (SSSR count). The third-order valence-corrected chi connectivity index (χ3v) is 2.62. The highest BCUT2D eigenvalue weighted by Gasteiger charge is 2.06. The van der Waals surface area contributed by atoms with Crippen molar-refractivity contribution in [1.29, 1.82) is 0 Å². The molecule has 0 atom stereocenters. The lowest BCUT2D eigenvalue weighted by molar-refractivity contribution is 0.571. The lowest BCUT2D eigenvalue weighted by Gasteiger charge is -2.14. The van der Waals surface area contributed by atoms with Gasteiger partial charge in [0.15, 0.2) is 0 Å². The summed E-state index contributed by atoms with van der Waals surface area (Å²) in [6.07, 6.45) is 12.5. The van der Waals surface area contributed by atoms with Gasteiger partial charge in [0.05, 0.1) is 0 Å². The highest BCUT2D eigenvalue weighted by atomic mass is 14.1. The maximum atomic E-state index is 2.30. The van der Waals surface area contributed by atoms with Crippen LogP contribution < -0.4 is 0 Å². The molecule has 79 valence electrons. The molecule has 0 aliphatic carbocycles. The Labute approximate surface area is 85.1 Å². The Balaban J connectivity index is 3.41. The fourth-order valence-electron chi connectivity index (χ4n) is 1.78. The Hall–Kier alpha value is 0. The molecule has 0 N–H and O–H groups in total. The topological polar surface area (TPSA) is 0 Å². The van der Waals surface area contributed by atoms with Gasteiger partial charge in [0, 0.05) is 0 Å². The number of unbranched alkanes of at least 4 members (excludes halogenated alkanes) is 3. The van der Waals surface area contributed by atoms with Gasteiger partial charge in [-0.05, 0) is 25.2 Å². The summed E-state index contributed by atoms with van der Waals surface area (Å²) in [5.74, 6) is 1.83. The minimum absolute atomic E-state index is 1.34. The smallest absolute Gasteiger partial charge is 0.0241 e. The Morgan fingerprint density at radius 3 is 1.77 bits per heavy atom. The molecule has 0 heteroatoms. The van der Waals surface area contributed by atoms with Gasteiger partial charge < -0.3 is 0 Å². The largest absolute Gasteiger partial charge is 0.0654 e. The van der Waals surface area contributed by atoms with E-state index in [-0.39, 0.29) is 0 Å². The van der Waals surface area contributed by atoms with E-state index in [4.69, 9.17) is 0 Å². The first-order chi connectivity index (χ1) is 6.35. The van der Waals surface area contributed by atoms with Crippen LogP contribution in [0.4, 0.5) is 0 Å². The Kier molecular flexibility index (Phi) is 10.1. The van der Waals surface area contributed by atoms with Crippen LogP contribution >= 0.6 is 0 Å². The van der Waals surface area contributed by atoms with Crippen LogP contribution in [-0.4, -0.2) is 0 Å². The summed E-state index contributed by atoms with van der Waals surface area (Å²) in [7, 11) is 0. The zero-order valence-electron chi connectivity index (χ0n) is 9.86. The molecule has 0 amide bonds. The van der Waals surface area contributed by atoms with Crippen LogP contribution in [0, 0.1) is 5.92 Å². The summed E-state index contributed by atoms with van der Waals surface area (Å²) >= 11 is 0. The predicted molar refractivity (Wildman–Crippen MR) is 61.8 cm³/mol. The predicted octanol–water partition coefficient (Wildman–Crippen LogP) is 5.13. The van der Waals surface area contributed by atoms with Crippen LogP contribution in [0.2, 0.25) is 0 Å². The Morgan fingerprint density at radius 2 is 1.23 bits per heavy atom. The molecule has 0 unspecified atom stereocenters. The third-order valence-electron chi connectivity index (χ3n) is 2.62. The van der Waals surface area contributed by atoms with Gasteiger partial charge in [-0.15, -0.1) is 0 Å². The van der Waals surface area contributed by atoms with Crippen molar-refractivity contribution >= 4 is 0 Å². The molecular weight excluding hydrogens is 156 g/mol. The van der Waals surface area contributed by atoms with E-state index in [1.807, 2.05) is 5.92 Å². The Morgan fingerprint density at radius 1 is 0.615 bits per heavy atom. The molecule has 0 aliphatic heterocycles. The fraction of sp³-hybridized carbons (Fsp3) is 0.923. The van der Waals surface area contributed by atoms with E-state index in [1.165, 1.54) is 57.8 Å². The van der Waals surface area contributed by atoms with Crippen molar-refractivity contribution in [2.45, 2.75) is 78.6 Å². The minimum Gasteiger partial charge on any atom is -0.0654 e. The van der Waals surface area contributed by atoms with Crippen LogP contribution in [0.15, 0.2) is 0 Å². The van der Waals surface area contributed by atoms with Crippen molar-refractivity contribution in [3.8, 4) is 0 Å². The van der Waals surface area contributed by atoms with Gasteiger partial charge in [-0.3, -0.25) is 0 Å². The molecule has 13 heavy (non-hydrogen) atoms. The molecule has 0 aliphatic rings. The highest BCUT2D eigenvalue weighted by Crippen LogP contribution is 2.23. The number of rotatable bonds is 9. The first kappa shape index (κ1) is 13.0. The second kappa shape index (κ2) is 10.1. The van der Waals surface area contributed by atoms with E-state index in [2.05, 4.69) is 20.8 Å². The van der Waals surface area contributed by atoms with Gasteiger partial charge in [-0.25, -0.2) is 0 Å². The van der Waals surface area contributed by atoms with Crippen molar-refractivity contribution in [2.24, 2.45) is 0 Å².